The van der Waals surface area contributed by atoms with Crippen molar-refractivity contribution in [2.45, 2.75) is 19.9 Å². The van der Waals surface area contributed by atoms with Crippen molar-refractivity contribution in [1.82, 2.24) is 20.2 Å². The lowest BCUT2D eigenvalue weighted by molar-refractivity contribution is 0.340. The van der Waals surface area contributed by atoms with Gasteiger partial charge in [-0.1, -0.05) is 0 Å². The van der Waals surface area contributed by atoms with Crippen molar-refractivity contribution in [3.05, 3.63) is 18.2 Å². The Morgan fingerprint density at radius 2 is 2.19 bits per heavy atom. The lowest BCUT2D eigenvalue weighted by Crippen LogP contribution is -2.07. The lowest BCUT2D eigenvalue weighted by Gasteiger charge is -2.08. The van der Waals surface area contributed by atoms with Crippen LogP contribution in [-0.4, -0.2) is 43.0 Å². The van der Waals surface area contributed by atoms with E-state index in [0.717, 1.165) is 12.0 Å². The monoisotopic (exact) mass is 309 g/mol. The highest BCUT2D eigenvalue weighted by atomic mass is 32.2. The van der Waals surface area contributed by atoms with E-state index in [4.69, 9.17) is 10.5 Å². The Hall–Kier alpha value is -1.96. The van der Waals surface area contributed by atoms with Gasteiger partial charge in [0.25, 0.3) is 0 Å². The number of hydrogen-bond donors (Lipinski definition) is 1. The van der Waals surface area contributed by atoms with Gasteiger partial charge in [0.2, 0.25) is 0 Å². The van der Waals surface area contributed by atoms with Gasteiger partial charge in [0.05, 0.1) is 6.61 Å². The van der Waals surface area contributed by atoms with Crippen LogP contribution >= 0.6 is 0 Å². The molecule has 0 saturated carbocycles. The molecule has 0 amide bonds. The standard InChI is InChI=1S/C13H19N5O2S/c1-3-20-12-8-10(7-11(14)9-12)13-15-16-17-18(13)5-4-6-21(2)19/h7-9H,3-6,14H2,1-2H3. The van der Waals surface area contributed by atoms with Crippen molar-refractivity contribution >= 4 is 16.5 Å². The average molecular weight is 309 g/mol. The molecule has 2 aromatic rings. The van der Waals surface area contributed by atoms with Crippen molar-refractivity contribution in [3.63, 3.8) is 0 Å². The molecule has 2 rings (SSSR count). The van der Waals surface area contributed by atoms with Gasteiger partial charge in [-0.05, 0) is 35.9 Å². The molecule has 0 bridgehead atoms. The second kappa shape index (κ2) is 7.16. The number of nitrogens with zero attached hydrogens (tertiary/aromatic N) is 4. The summed E-state index contributed by atoms with van der Waals surface area (Å²) in [5.41, 5.74) is 7.29. The predicted octanol–water partition coefficient (Wildman–Crippen LogP) is 1.09. The largest absolute Gasteiger partial charge is 0.494 e. The van der Waals surface area contributed by atoms with E-state index < -0.39 is 10.8 Å². The first-order valence-electron chi connectivity index (χ1n) is 6.70. The van der Waals surface area contributed by atoms with Crippen LogP contribution in [0.25, 0.3) is 11.4 Å². The van der Waals surface area contributed by atoms with Gasteiger partial charge in [-0.15, -0.1) is 5.10 Å². The summed E-state index contributed by atoms with van der Waals surface area (Å²) in [7, 11) is -0.810. The molecule has 0 aliphatic rings. The van der Waals surface area contributed by atoms with Gasteiger partial charge in [-0.25, -0.2) is 4.68 Å². The van der Waals surface area contributed by atoms with Crippen molar-refractivity contribution in [3.8, 4) is 17.1 Å². The highest BCUT2D eigenvalue weighted by molar-refractivity contribution is 7.84. The maximum Gasteiger partial charge on any atom is 0.182 e. The number of tetrazole rings is 1. The topological polar surface area (TPSA) is 95.9 Å². The maximum absolute atomic E-state index is 11.1. The predicted molar refractivity (Wildman–Crippen MR) is 82.4 cm³/mol. The number of rotatable bonds is 7. The second-order valence-electron chi connectivity index (χ2n) is 4.58. The fraction of sp³-hybridized carbons (Fsp3) is 0.462. The van der Waals surface area contributed by atoms with Crippen molar-refractivity contribution < 1.29 is 8.95 Å². The number of nitrogen functional groups attached to an aromatic ring is 1. The SMILES string of the molecule is CCOc1cc(N)cc(-c2nnnn2CCCS(C)=O)c1. The van der Waals surface area contributed by atoms with E-state index >= 15 is 0 Å². The molecule has 0 fully saturated rings. The van der Waals surface area contributed by atoms with Gasteiger partial charge in [0.15, 0.2) is 5.82 Å². The molecule has 1 atom stereocenters. The van der Waals surface area contributed by atoms with Crippen molar-refractivity contribution in [2.75, 3.05) is 24.3 Å². The Bertz CT molecular complexity index is 629. The molecule has 21 heavy (non-hydrogen) atoms. The van der Waals surface area contributed by atoms with Crippen LogP contribution in [0.1, 0.15) is 13.3 Å². The molecule has 1 aromatic heterocycles. The highest BCUT2D eigenvalue weighted by Gasteiger charge is 2.11. The molecule has 0 radical (unpaired) electrons. The van der Waals surface area contributed by atoms with Gasteiger partial charge < -0.3 is 10.5 Å². The van der Waals surface area contributed by atoms with Crippen LogP contribution in [0, 0.1) is 0 Å². The van der Waals surface area contributed by atoms with Crippen molar-refractivity contribution in [1.29, 1.82) is 0 Å². The van der Waals surface area contributed by atoms with Gasteiger partial charge >= 0.3 is 0 Å². The van der Waals surface area contributed by atoms with Crippen LogP contribution in [0.4, 0.5) is 5.69 Å². The normalized spacial score (nSPS) is 12.3. The molecule has 1 heterocycles. The lowest BCUT2D eigenvalue weighted by atomic mass is 10.1. The molecule has 8 heteroatoms. The number of aromatic nitrogens is 4. The Morgan fingerprint density at radius 1 is 1.38 bits per heavy atom. The minimum Gasteiger partial charge on any atom is -0.494 e. The quantitative estimate of drug-likeness (QED) is 0.769. The van der Waals surface area contributed by atoms with E-state index in [2.05, 4.69) is 15.5 Å². The first-order valence-corrected chi connectivity index (χ1v) is 8.42. The van der Waals surface area contributed by atoms with Gasteiger partial charge in [-0.3, -0.25) is 4.21 Å². The Morgan fingerprint density at radius 3 is 2.90 bits per heavy atom. The van der Waals surface area contributed by atoms with Crippen LogP contribution in [0.2, 0.25) is 0 Å². The third-order valence-electron chi connectivity index (χ3n) is 2.83. The average Bonchev–Trinajstić information content (AvgIpc) is 2.86. The molecular formula is C13H19N5O2S. The van der Waals surface area contributed by atoms with E-state index in [1.165, 1.54) is 0 Å². The molecule has 1 aromatic carbocycles. The zero-order valence-electron chi connectivity index (χ0n) is 12.2. The highest BCUT2D eigenvalue weighted by Crippen LogP contribution is 2.25. The Kier molecular flexibility index (Phi) is 5.26. The summed E-state index contributed by atoms with van der Waals surface area (Å²) in [6, 6.07) is 5.43. The first kappa shape index (κ1) is 15.4. The zero-order chi connectivity index (χ0) is 15.2. The molecule has 114 valence electrons. The van der Waals surface area contributed by atoms with Crippen LogP contribution in [0.5, 0.6) is 5.75 Å². The summed E-state index contributed by atoms with van der Waals surface area (Å²) in [6.07, 6.45) is 2.44. The summed E-state index contributed by atoms with van der Waals surface area (Å²) in [6.45, 7) is 3.09. The summed E-state index contributed by atoms with van der Waals surface area (Å²) >= 11 is 0. The molecule has 0 saturated heterocycles. The molecule has 0 aliphatic heterocycles. The Balaban J connectivity index is 2.22. The molecule has 2 N–H and O–H groups in total. The second-order valence-corrected chi connectivity index (χ2v) is 6.13. The zero-order valence-corrected chi connectivity index (χ0v) is 13.0. The van der Waals surface area contributed by atoms with Crippen molar-refractivity contribution in [2.24, 2.45) is 0 Å². The third kappa shape index (κ3) is 4.25. The van der Waals surface area contributed by atoms with Crippen LogP contribution in [0.15, 0.2) is 18.2 Å². The summed E-state index contributed by atoms with van der Waals surface area (Å²) in [5.74, 6) is 1.95. The fourth-order valence-corrected chi connectivity index (χ4v) is 2.52. The van der Waals surface area contributed by atoms with Crippen LogP contribution in [-0.2, 0) is 17.3 Å². The van der Waals surface area contributed by atoms with E-state index in [1.807, 2.05) is 19.1 Å². The van der Waals surface area contributed by atoms with E-state index in [0.29, 0.717) is 36.2 Å². The maximum atomic E-state index is 11.1. The molecule has 0 spiro atoms. The molecule has 7 nitrogen and oxygen atoms in total. The number of nitrogens with two attached hydrogens (primary N) is 1. The number of benzene rings is 1. The summed E-state index contributed by atoms with van der Waals surface area (Å²) < 4.78 is 18.3. The third-order valence-corrected chi connectivity index (χ3v) is 3.70. The van der Waals surface area contributed by atoms with Crippen LogP contribution in [0.3, 0.4) is 0 Å². The van der Waals surface area contributed by atoms with Gasteiger partial charge in [0, 0.05) is 46.7 Å². The van der Waals surface area contributed by atoms with Crippen LogP contribution < -0.4 is 10.5 Å². The number of ether oxygens (including phenoxy) is 1. The number of anilines is 1. The van der Waals surface area contributed by atoms with E-state index in [9.17, 15) is 4.21 Å². The summed E-state index contributed by atoms with van der Waals surface area (Å²) in [5, 5.41) is 11.7. The number of aryl methyl sites for hydroxylation is 1. The fourth-order valence-electron chi connectivity index (χ4n) is 1.98. The van der Waals surface area contributed by atoms with Gasteiger partial charge in [-0.2, -0.15) is 0 Å². The first-order chi connectivity index (χ1) is 10.1. The minimum atomic E-state index is -0.810. The molecule has 0 aliphatic carbocycles. The number of hydrogen-bond acceptors (Lipinski definition) is 6. The smallest absolute Gasteiger partial charge is 0.182 e. The minimum absolute atomic E-state index is 0.566. The van der Waals surface area contributed by atoms with E-state index in [-0.39, 0.29) is 0 Å². The van der Waals surface area contributed by atoms with Gasteiger partial charge in [0.1, 0.15) is 5.75 Å². The Labute approximate surface area is 125 Å². The molecular weight excluding hydrogens is 290 g/mol. The van der Waals surface area contributed by atoms with E-state index in [1.54, 1.807) is 17.0 Å². The molecule has 1 unspecified atom stereocenters. The summed E-state index contributed by atoms with van der Waals surface area (Å²) in [4.78, 5) is 0.